The number of nitrogens with zero attached hydrogens (tertiary/aromatic N) is 3. The summed E-state index contributed by atoms with van der Waals surface area (Å²) in [7, 11) is 0. The first-order valence-electron chi connectivity index (χ1n) is 5.82. The van der Waals surface area contributed by atoms with E-state index in [1.807, 2.05) is 6.92 Å². The van der Waals surface area contributed by atoms with E-state index in [9.17, 15) is 4.79 Å². The molecule has 0 aliphatic heterocycles. The molecule has 1 heterocycles. The fraction of sp³-hybridized carbons (Fsp3) is 0.818. The van der Waals surface area contributed by atoms with Gasteiger partial charge in [-0.15, -0.1) is 10.2 Å². The Kier molecular flexibility index (Phi) is 2.48. The Balaban J connectivity index is 2.00. The van der Waals surface area contributed by atoms with Crippen LogP contribution in [0.5, 0.6) is 0 Å². The first-order valence-corrected chi connectivity index (χ1v) is 5.82. The average molecular weight is 237 g/mol. The molecule has 1 fully saturated rings. The molecule has 0 bridgehead atoms. The summed E-state index contributed by atoms with van der Waals surface area (Å²) in [4.78, 5) is 12.1. The maximum absolute atomic E-state index is 12.1. The zero-order chi connectivity index (χ0) is 12.8. The van der Waals surface area contributed by atoms with Gasteiger partial charge in [-0.3, -0.25) is 4.79 Å². The number of nitrogens with one attached hydrogen (secondary N) is 2. The van der Waals surface area contributed by atoms with E-state index in [1.165, 1.54) is 0 Å². The Morgan fingerprint density at radius 3 is 2.35 bits per heavy atom. The van der Waals surface area contributed by atoms with E-state index in [4.69, 9.17) is 0 Å². The number of rotatable bonds is 3. The summed E-state index contributed by atoms with van der Waals surface area (Å²) in [5, 5.41) is 16.5. The summed E-state index contributed by atoms with van der Waals surface area (Å²) in [5.74, 6) is 0.622. The van der Waals surface area contributed by atoms with Crippen molar-refractivity contribution < 1.29 is 4.79 Å². The van der Waals surface area contributed by atoms with Gasteiger partial charge in [0.1, 0.15) is 0 Å². The van der Waals surface area contributed by atoms with E-state index in [-0.39, 0.29) is 28.7 Å². The number of aromatic amines is 1. The van der Waals surface area contributed by atoms with E-state index < -0.39 is 0 Å². The average Bonchev–Trinajstić information content (AvgIpc) is 2.60. The topological polar surface area (TPSA) is 83.6 Å². The summed E-state index contributed by atoms with van der Waals surface area (Å²) in [6.07, 6.45) is 0. The predicted octanol–water partition coefficient (Wildman–Crippen LogP) is 1.06. The van der Waals surface area contributed by atoms with Crippen LogP contribution in [0.3, 0.4) is 0 Å². The quantitative estimate of drug-likeness (QED) is 0.823. The second kappa shape index (κ2) is 3.51. The van der Waals surface area contributed by atoms with E-state index in [2.05, 4.69) is 53.6 Å². The molecule has 1 aliphatic carbocycles. The molecule has 0 aromatic carbocycles. The number of hydrogen-bond donors (Lipinski definition) is 2. The number of hydrogen-bond acceptors (Lipinski definition) is 4. The molecule has 2 rings (SSSR count). The van der Waals surface area contributed by atoms with Crippen molar-refractivity contribution in [3.05, 3.63) is 5.82 Å². The van der Waals surface area contributed by atoms with Gasteiger partial charge in [-0.25, -0.2) is 0 Å². The summed E-state index contributed by atoms with van der Waals surface area (Å²) >= 11 is 0. The third kappa shape index (κ3) is 1.71. The number of carbonyl (C=O) groups is 1. The molecule has 0 saturated heterocycles. The molecule has 0 spiro atoms. The van der Waals surface area contributed by atoms with E-state index in [0.29, 0.717) is 5.82 Å². The van der Waals surface area contributed by atoms with Gasteiger partial charge < -0.3 is 5.32 Å². The normalized spacial score (nSPS) is 23.1. The Hall–Kier alpha value is -1.46. The second-order valence-electron chi connectivity index (χ2n) is 5.88. The lowest BCUT2D eigenvalue weighted by Crippen LogP contribution is -2.30. The Morgan fingerprint density at radius 1 is 1.35 bits per heavy atom. The molecule has 1 aromatic heterocycles. The SMILES string of the molecule is CC(NC(=O)C1C(C)(C)C1(C)C)c1nn[nH]n1. The second-order valence-corrected chi connectivity index (χ2v) is 5.88. The number of amides is 1. The van der Waals surface area contributed by atoms with Crippen molar-refractivity contribution in [3.63, 3.8) is 0 Å². The molecular formula is C11H19N5O. The summed E-state index contributed by atoms with van der Waals surface area (Å²) in [5.41, 5.74) is 0.0993. The van der Waals surface area contributed by atoms with Crippen molar-refractivity contribution in [2.24, 2.45) is 16.7 Å². The highest BCUT2D eigenvalue weighted by atomic mass is 16.2. The van der Waals surface area contributed by atoms with Crippen molar-refractivity contribution in [2.45, 2.75) is 40.7 Å². The Bertz CT molecular complexity index is 409. The van der Waals surface area contributed by atoms with Gasteiger partial charge in [0, 0.05) is 5.92 Å². The van der Waals surface area contributed by atoms with Crippen LogP contribution in [0.4, 0.5) is 0 Å². The summed E-state index contributed by atoms with van der Waals surface area (Å²) in [6.45, 7) is 10.3. The molecule has 1 aromatic rings. The number of carbonyl (C=O) groups excluding carboxylic acids is 1. The minimum atomic E-state index is -0.214. The van der Waals surface area contributed by atoms with Crippen LogP contribution < -0.4 is 5.32 Å². The first kappa shape index (κ1) is 12.0. The summed E-state index contributed by atoms with van der Waals surface area (Å²) < 4.78 is 0. The van der Waals surface area contributed by atoms with Crippen LogP contribution in [0.15, 0.2) is 0 Å². The molecule has 94 valence electrons. The lowest BCUT2D eigenvalue weighted by molar-refractivity contribution is -0.124. The third-order valence-electron chi connectivity index (χ3n) is 4.39. The standard InChI is InChI=1S/C11H19N5O/c1-6(8-13-15-16-14-8)12-9(17)7-10(2,3)11(7,4)5/h6-7H,1-5H3,(H,12,17)(H,13,14,15,16). The molecule has 1 unspecified atom stereocenters. The van der Waals surface area contributed by atoms with Crippen LogP contribution in [-0.4, -0.2) is 26.5 Å². The molecule has 1 amide bonds. The molecule has 6 nitrogen and oxygen atoms in total. The lowest BCUT2D eigenvalue weighted by Gasteiger charge is -2.10. The minimum absolute atomic E-state index is 0.0457. The molecule has 17 heavy (non-hydrogen) atoms. The van der Waals surface area contributed by atoms with Crippen LogP contribution in [0.25, 0.3) is 0 Å². The maximum Gasteiger partial charge on any atom is 0.224 e. The van der Waals surface area contributed by atoms with Gasteiger partial charge in [-0.05, 0) is 17.8 Å². The Labute approximate surface area is 101 Å². The molecular weight excluding hydrogens is 218 g/mol. The molecule has 1 saturated carbocycles. The van der Waals surface area contributed by atoms with Gasteiger partial charge in [-0.2, -0.15) is 5.21 Å². The minimum Gasteiger partial charge on any atom is -0.346 e. The zero-order valence-electron chi connectivity index (χ0n) is 10.9. The van der Waals surface area contributed by atoms with Crippen molar-refractivity contribution in [1.29, 1.82) is 0 Å². The summed E-state index contributed by atoms with van der Waals surface area (Å²) in [6, 6.07) is -0.214. The smallest absolute Gasteiger partial charge is 0.224 e. The van der Waals surface area contributed by atoms with Crippen LogP contribution >= 0.6 is 0 Å². The van der Waals surface area contributed by atoms with Crippen molar-refractivity contribution in [1.82, 2.24) is 25.9 Å². The van der Waals surface area contributed by atoms with Crippen molar-refractivity contribution >= 4 is 5.91 Å². The largest absolute Gasteiger partial charge is 0.346 e. The molecule has 1 aliphatic rings. The number of H-pyrrole nitrogens is 1. The lowest BCUT2D eigenvalue weighted by atomic mass is 10.0. The number of aromatic nitrogens is 4. The van der Waals surface area contributed by atoms with Crippen molar-refractivity contribution in [2.75, 3.05) is 0 Å². The highest BCUT2D eigenvalue weighted by molar-refractivity contribution is 5.84. The maximum atomic E-state index is 12.1. The third-order valence-corrected chi connectivity index (χ3v) is 4.39. The van der Waals surface area contributed by atoms with Gasteiger partial charge >= 0.3 is 0 Å². The first-order chi connectivity index (χ1) is 7.78. The molecule has 0 radical (unpaired) electrons. The van der Waals surface area contributed by atoms with E-state index in [1.54, 1.807) is 0 Å². The van der Waals surface area contributed by atoms with Crippen LogP contribution in [0, 0.1) is 16.7 Å². The highest BCUT2D eigenvalue weighted by Gasteiger charge is 2.68. The van der Waals surface area contributed by atoms with E-state index in [0.717, 1.165) is 0 Å². The predicted molar refractivity (Wildman–Crippen MR) is 61.8 cm³/mol. The van der Waals surface area contributed by atoms with Crippen LogP contribution in [-0.2, 0) is 4.79 Å². The van der Waals surface area contributed by atoms with Gasteiger partial charge in [0.15, 0.2) is 5.82 Å². The molecule has 2 N–H and O–H groups in total. The molecule has 1 atom stereocenters. The molecule has 6 heteroatoms. The van der Waals surface area contributed by atoms with Gasteiger partial charge in [0.2, 0.25) is 5.91 Å². The Morgan fingerprint density at radius 2 is 1.94 bits per heavy atom. The fourth-order valence-corrected chi connectivity index (χ4v) is 2.57. The fourth-order valence-electron chi connectivity index (χ4n) is 2.57. The van der Waals surface area contributed by atoms with Gasteiger partial charge in [0.05, 0.1) is 6.04 Å². The zero-order valence-corrected chi connectivity index (χ0v) is 10.9. The van der Waals surface area contributed by atoms with Gasteiger partial charge in [-0.1, -0.05) is 32.9 Å². The van der Waals surface area contributed by atoms with Gasteiger partial charge in [0.25, 0.3) is 0 Å². The van der Waals surface area contributed by atoms with Crippen LogP contribution in [0.1, 0.15) is 46.5 Å². The van der Waals surface area contributed by atoms with Crippen molar-refractivity contribution in [3.8, 4) is 0 Å². The van der Waals surface area contributed by atoms with E-state index >= 15 is 0 Å². The monoisotopic (exact) mass is 237 g/mol. The number of tetrazole rings is 1. The van der Waals surface area contributed by atoms with Crippen LogP contribution in [0.2, 0.25) is 0 Å². The highest BCUT2D eigenvalue weighted by Crippen LogP contribution is 2.68.